The highest BCUT2D eigenvalue weighted by molar-refractivity contribution is 5.85. The first-order chi connectivity index (χ1) is 10.8. The summed E-state index contributed by atoms with van der Waals surface area (Å²) in [5.41, 5.74) is 6.92. The van der Waals surface area contributed by atoms with Gasteiger partial charge in [0.1, 0.15) is 17.3 Å². The van der Waals surface area contributed by atoms with Crippen LogP contribution in [0.4, 0.5) is 5.82 Å². The Labute approximate surface area is 130 Å². The minimum atomic E-state index is 0.437. The highest BCUT2D eigenvalue weighted by Gasteiger charge is 2.29. The van der Waals surface area contributed by atoms with Crippen molar-refractivity contribution in [3.8, 4) is 0 Å². The van der Waals surface area contributed by atoms with E-state index in [4.69, 9.17) is 10.5 Å². The number of hydrogen-bond donors (Lipinski definition) is 2. The fourth-order valence-corrected chi connectivity index (χ4v) is 3.81. The first kappa shape index (κ1) is 14.0. The predicted octanol–water partition coefficient (Wildman–Crippen LogP) is 1.90. The number of anilines is 1. The van der Waals surface area contributed by atoms with Gasteiger partial charge in [0.2, 0.25) is 0 Å². The van der Waals surface area contributed by atoms with Gasteiger partial charge in [-0.05, 0) is 31.7 Å². The van der Waals surface area contributed by atoms with Crippen molar-refractivity contribution < 1.29 is 4.74 Å². The molecule has 2 aromatic heterocycles. The van der Waals surface area contributed by atoms with Crippen LogP contribution in [0, 0.1) is 0 Å². The van der Waals surface area contributed by atoms with Crippen LogP contribution in [0.25, 0.3) is 11.0 Å². The van der Waals surface area contributed by atoms with E-state index < -0.39 is 0 Å². The Morgan fingerprint density at radius 1 is 1.14 bits per heavy atom. The number of ether oxygens (including phenoxy) is 1. The van der Waals surface area contributed by atoms with E-state index in [0.717, 1.165) is 56.0 Å². The number of nitrogens with zero attached hydrogens (tertiary/aromatic N) is 3. The zero-order chi connectivity index (χ0) is 14.9. The van der Waals surface area contributed by atoms with E-state index in [-0.39, 0.29) is 0 Å². The summed E-state index contributed by atoms with van der Waals surface area (Å²) in [4.78, 5) is 15.0. The van der Waals surface area contributed by atoms with Crippen molar-refractivity contribution in [3.63, 3.8) is 0 Å². The molecule has 3 N–H and O–H groups in total. The summed E-state index contributed by atoms with van der Waals surface area (Å²) in [6.45, 7) is 3.91. The van der Waals surface area contributed by atoms with E-state index in [0.29, 0.717) is 17.8 Å². The summed E-state index contributed by atoms with van der Waals surface area (Å²) in [6.07, 6.45) is 6.60. The Morgan fingerprint density at radius 2 is 1.91 bits per heavy atom. The standard InChI is InChI=1S/C16H23N5O/c17-14-13-5-6-18-16(13)20-15(19-14)11-1-3-12(4-2-11)21-7-9-22-10-8-21/h5-6,11-12H,1-4,7-10H2,(H3,17,18,19,20)/t11-,12-. The molecule has 4 rings (SSSR count). The van der Waals surface area contributed by atoms with Gasteiger partial charge in [0.15, 0.2) is 0 Å². The van der Waals surface area contributed by atoms with Crippen molar-refractivity contribution in [2.24, 2.45) is 0 Å². The summed E-state index contributed by atoms with van der Waals surface area (Å²) < 4.78 is 5.45. The number of aromatic amines is 1. The minimum absolute atomic E-state index is 0.437. The number of rotatable bonds is 2. The molecule has 2 aromatic rings. The lowest BCUT2D eigenvalue weighted by atomic mass is 9.84. The van der Waals surface area contributed by atoms with Crippen molar-refractivity contribution in [2.75, 3.05) is 32.0 Å². The van der Waals surface area contributed by atoms with Gasteiger partial charge in [-0.25, -0.2) is 9.97 Å². The van der Waals surface area contributed by atoms with Crippen LogP contribution >= 0.6 is 0 Å². The van der Waals surface area contributed by atoms with Crippen molar-refractivity contribution >= 4 is 16.9 Å². The molecule has 2 aliphatic rings. The lowest BCUT2D eigenvalue weighted by Gasteiger charge is -2.38. The molecule has 2 fully saturated rings. The molecule has 3 heterocycles. The molecule has 22 heavy (non-hydrogen) atoms. The SMILES string of the molecule is Nc1nc([C@H]2CC[C@H](N3CCOCC3)CC2)nc2[nH]ccc12. The second-order valence-corrected chi connectivity index (χ2v) is 6.36. The van der Waals surface area contributed by atoms with Crippen LogP contribution in [0.3, 0.4) is 0 Å². The number of hydrogen-bond acceptors (Lipinski definition) is 5. The maximum Gasteiger partial charge on any atom is 0.143 e. The van der Waals surface area contributed by atoms with Gasteiger partial charge in [0.05, 0.1) is 18.6 Å². The number of nitrogen functional groups attached to an aromatic ring is 1. The third-order valence-electron chi connectivity index (χ3n) is 5.09. The minimum Gasteiger partial charge on any atom is -0.383 e. The van der Waals surface area contributed by atoms with E-state index in [1.54, 1.807) is 0 Å². The molecule has 0 aromatic carbocycles. The molecule has 1 saturated carbocycles. The van der Waals surface area contributed by atoms with Gasteiger partial charge in [-0.1, -0.05) is 0 Å². The van der Waals surface area contributed by atoms with Gasteiger partial charge in [-0.3, -0.25) is 4.90 Å². The zero-order valence-corrected chi connectivity index (χ0v) is 12.8. The van der Waals surface area contributed by atoms with Gasteiger partial charge in [-0.15, -0.1) is 0 Å². The molecule has 6 nitrogen and oxygen atoms in total. The number of aromatic nitrogens is 3. The van der Waals surface area contributed by atoms with Gasteiger partial charge >= 0.3 is 0 Å². The van der Waals surface area contributed by atoms with Gasteiger partial charge in [0, 0.05) is 31.2 Å². The third kappa shape index (κ3) is 2.57. The van der Waals surface area contributed by atoms with Crippen LogP contribution in [-0.4, -0.2) is 52.2 Å². The fraction of sp³-hybridized carbons (Fsp3) is 0.625. The molecule has 6 heteroatoms. The molecule has 0 bridgehead atoms. The highest BCUT2D eigenvalue weighted by atomic mass is 16.5. The Morgan fingerprint density at radius 3 is 2.68 bits per heavy atom. The molecule has 118 valence electrons. The predicted molar refractivity (Wildman–Crippen MR) is 85.7 cm³/mol. The normalized spacial score (nSPS) is 27.3. The molecule has 0 atom stereocenters. The van der Waals surface area contributed by atoms with Crippen molar-refractivity contribution in [2.45, 2.75) is 37.6 Å². The highest BCUT2D eigenvalue weighted by Crippen LogP contribution is 2.34. The molecule has 0 unspecified atom stereocenters. The van der Waals surface area contributed by atoms with Crippen LogP contribution in [0.5, 0.6) is 0 Å². The maximum absolute atomic E-state index is 6.06. The summed E-state index contributed by atoms with van der Waals surface area (Å²) in [6, 6.07) is 2.63. The van der Waals surface area contributed by atoms with E-state index in [1.807, 2.05) is 12.3 Å². The molecule has 1 saturated heterocycles. The number of morpholine rings is 1. The van der Waals surface area contributed by atoms with Crippen LogP contribution in [0.2, 0.25) is 0 Å². The first-order valence-corrected chi connectivity index (χ1v) is 8.23. The van der Waals surface area contributed by atoms with Gasteiger partial charge in [0.25, 0.3) is 0 Å². The first-order valence-electron chi connectivity index (χ1n) is 8.23. The van der Waals surface area contributed by atoms with Crippen molar-refractivity contribution in [3.05, 3.63) is 18.1 Å². The van der Waals surface area contributed by atoms with Gasteiger partial charge in [-0.2, -0.15) is 0 Å². The largest absolute Gasteiger partial charge is 0.383 e. The van der Waals surface area contributed by atoms with E-state index in [9.17, 15) is 0 Å². The second-order valence-electron chi connectivity index (χ2n) is 6.36. The smallest absolute Gasteiger partial charge is 0.143 e. The van der Waals surface area contributed by atoms with E-state index >= 15 is 0 Å². The molecule has 0 spiro atoms. The monoisotopic (exact) mass is 301 g/mol. The fourth-order valence-electron chi connectivity index (χ4n) is 3.81. The number of H-pyrrole nitrogens is 1. The van der Waals surface area contributed by atoms with Crippen LogP contribution < -0.4 is 5.73 Å². The number of fused-ring (bicyclic) bond motifs is 1. The summed E-state index contributed by atoms with van der Waals surface area (Å²) >= 11 is 0. The van der Waals surface area contributed by atoms with Crippen molar-refractivity contribution in [1.82, 2.24) is 19.9 Å². The maximum atomic E-state index is 6.06. The molecular weight excluding hydrogens is 278 g/mol. The quantitative estimate of drug-likeness (QED) is 0.885. The third-order valence-corrected chi connectivity index (χ3v) is 5.09. The van der Waals surface area contributed by atoms with Crippen molar-refractivity contribution in [1.29, 1.82) is 0 Å². The van der Waals surface area contributed by atoms with Crippen LogP contribution in [0.15, 0.2) is 12.3 Å². The average Bonchev–Trinajstić information content (AvgIpc) is 3.05. The van der Waals surface area contributed by atoms with Gasteiger partial charge < -0.3 is 15.5 Å². The van der Waals surface area contributed by atoms with Crippen LogP contribution in [0.1, 0.15) is 37.4 Å². The summed E-state index contributed by atoms with van der Waals surface area (Å²) in [5.74, 6) is 1.94. The summed E-state index contributed by atoms with van der Waals surface area (Å²) in [5, 5.41) is 0.922. The Kier molecular flexibility index (Phi) is 3.72. The average molecular weight is 301 g/mol. The molecular formula is C16H23N5O. The molecule has 0 amide bonds. The number of nitrogens with two attached hydrogens (primary N) is 1. The second kappa shape index (κ2) is 5.85. The lowest BCUT2D eigenvalue weighted by Crippen LogP contribution is -2.44. The molecule has 1 aliphatic heterocycles. The zero-order valence-electron chi connectivity index (χ0n) is 12.8. The molecule has 0 radical (unpaired) electrons. The Bertz CT molecular complexity index is 641. The Hall–Kier alpha value is -1.66. The van der Waals surface area contributed by atoms with E-state index in [1.165, 1.54) is 12.8 Å². The Balaban J connectivity index is 1.45. The molecule has 1 aliphatic carbocycles. The van der Waals surface area contributed by atoms with E-state index in [2.05, 4.69) is 19.9 Å². The summed E-state index contributed by atoms with van der Waals surface area (Å²) in [7, 11) is 0. The number of nitrogens with one attached hydrogen (secondary N) is 1. The lowest BCUT2D eigenvalue weighted by molar-refractivity contribution is 0.00712. The topological polar surface area (TPSA) is 80.1 Å². The van der Waals surface area contributed by atoms with Crippen LogP contribution in [-0.2, 0) is 4.74 Å².